The molecular weight excluding hydrogens is 404 g/mol. The van der Waals surface area contributed by atoms with Gasteiger partial charge in [-0.2, -0.15) is 0 Å². The minimum Gasteiger partial charge on any atom is -0.496 e. The third-order valence-corrected chi connectivity index (χ3v) is 7.67. The normalized spacial score (nSPS) is 19.0. The number of amides is 1. The van der Waals surface area contributed by atoms with Gasteiger partial charge in [-0.25, -0.2) is 25.9 Å². The Bertz CT molecular complexity index is 1100. The first-order valence-electron chi connectivity index (χ1n) is 8.44. The van der Waals surface area contributed by atoms with Crippen LogP contribution in [0.5, 0.6) is 5.75 Å². The molecule has 2 aromatic rings. The first-order valence-corrected chi connectivity index (χ1v) is 11.5. The summed E-state index contributed by atoms with van der Waals surface area (Å²) in [6.45, 7) is 1.57. The van der Waals surface area contributed by atoms with E-state index in [-0.39, 0.29) is 22.9 Å². The topological polar surface area (TPSA) is 110 Å². The monoisotopic (exact) mass is 424 g/mol. The van der Waals surface area contributed by atoms with Gasteiger partial charge in [0.05, 0.1) is 29.4 Å². The van der Waals surface area contributed by atoms with Crippen LogP contribution in [0.2, 0.25) is 0 Å². The molecule has 3 rings (SSSR count). The second-order valence-electron chi connectivity index (χ2n) is 6.41. The molecule has 1 unspecified atom stereocenters. The molecular formula is C18H20N2O6S2. The van der Waals surface area contributed by atoms with Crippen molar-refractivity contribution >= 4 is 31.6 Å². The van der Waals surface area contributed by atoms with Crippen LogP contribution >= 0.6 is 0 Å². The highest BCUT2D eigenvalue weighted by Gasteiger charge is 2.41. The molecule has 8 nitrogen and oxygen atoms in total. The highest BCUT2D eigenvalue weighted by Crippen LogP contribution is 2.29. The van der Waals surface area contributed by atoms with Crippen LogP contribution in [0, 0.1) is 5.92 Å². The van der Waals surface area contributed by atoms with E-state index in [0.29, 0.717) is 11.3 Å². The van der Waals surface area contributed by atoms with Gasteiger partial charge in [0, 0.05) is 12.1 Å². The molecule has 0 bridgehead atoms. The van der Waals surface area contributed by atoms with E-state index < -0.39 is 31.9 Å². The average Bonchev–Trinajstić information content (AvgIpc) is 2.87. The number of nitrogens with zero attached hydrogens (tertiary/aromatic N) is 1. The molecule has 1 aliphatic heterocycles. The zero-order chi connectivity index (χ0) is 20.5. The molecule has 150 valence electrons. The van der Waals surface area contributed by atoms with Crippen molar-refractivity contribution in [1.29, 1.82) is 0 Å². The third-order valence-electron chi connectivity index (χ3n) is 4.39. The van der Waals surface area contributed by atoms with E-state index in [1.165, 1.54) is 31.4 Å². The van der Waals surface area contributed by atoms with Crippen molar-refractivity contribution in [2.75, 3.05) is 17.2 Å². The number of ether oxygens (including phenoxy) is 1. The summed E-state index contributed by atoms with van der Waals surface area (Å²) < 4.78 is 57.8. The molecule has 0 radical (unpaired) electrons. The minimum atomic E-state index is -3.84. The number of nitrogens with one attached hydrogen (secondary N) is 1. The van der Waals surface area contributed by atoms with Gasteiger partial charge in [0.15, 0.2) is 0 Å². The van der Waals surface area contributed by atoms with Gasteiger partial charge < -0.3 is 4.74 Å². The van der Waals surface area contributed by atoms with E-state index in [2.05, 4.69) is 4.72 Å². The van der Waals surface area contributed by atoms with Crippen molar-refractivity contribution in [3.8, 4) is 5.75 Å². The predicted octanol–water partition coefficient (Wildman–Crippen LogP) is 1.49. The van der Waals surface area contributed by atoms with E-state index in [1.54, 1.807) is 31.2 Å². The van der Waals surface area contributed by atoms with Gasteiger partial charge in [-0.1, -0.05) is 25.1 Å². The lowest BCUT2D eigenvalue weighted by molar-refractivity contribution is -0.119. The van der Waals surface area contributed by atoms with E-state index >= 15 is 0 Å². The molecule has 0 aromatic heterocycles. The molecule has 1 fully saturated rings. The fourth-order valence-corrected chi connectivity index (χ4v) is 5.78. The summed E-state index contributed by atoms with van der Waals surface area (Å²) in [6, 6.07) is 12.2. The Morgan fingerprint density at radius 3 is 2.36 bits per heavy atom. The van der Waals surface area contributed by atoms with Gasteiger partial charge in [0.1, 0.15) is 5.75 Å². The van der Waals surface area contributed by atoms with Crippen LogP contribution in [0.1, 0.15) is 12.5 Å². The Kier molecular flexibility index (Phi) is 5.46. The smallest absolute Gasteiger partial charge is 0.244 e. The van der Waals surface area contributed by atoms with E-state index in [9.17, 15) is 21.6 Å². The molecule has 2 aromatic carbocycles. The van der Waals surface area contributed by atoms with Gasteiger partial charge in [-0.15, -0.1) is 0 Å². The number of hydrogen-bond donors (Lipinski definition) is 1. The fraction of sp³-hybridized carbons (Fsp3) is 0.278. The maximum absolute atomic E-state index is 12.5. The van der Waals surface area contributed by atoms with Crippen LogP contribution in [0.15, 0.2) is 53.4 Å². The lowest BCUT2D eigenvalue weighted by atomic mass is 10.2. The van der Waals surface area contributed by atoms with Crippen molar-refractivity contribution in [3.63, 3.8) is 0 Å². The van der Waals surface area contributed by atoms with Gasteiger partial charge in [0.25, 0.3) is 0 Å². The van der Waals surface area contributed by atoms with Crippen molar-refractivity contribution in [1.82, 2.24) is 4.72 Å². The Morgan fingerprint density at radius 2 is 1.79 bits per heavy atom. The molecule has 0 aliphatic carbocycles. The van der Waals surface area contributed by atoms with Crippen LogP contribution in [0.3, 0.4) is 0 Å². The summed E-state index contributed by atoms with van der Waals surface area (Å²) >= 11 is 0. The summed E-state index contributed by atoms with van der Waals surface area (Å²) in [4.78, 5) is 12.1. The lowest BCUT2D eigenvalue weighted by Crippen LogP contribution is -2.30. The maximum atomic E-state index is 12.5. The molecule has 1 N–H and O–H groups in total. The van der Waals surface area contributed by atoms with Crippen molar-refractivity contribution in [3.05, 3.63) is 54.1 Å². The van der Waals surface area contributed by atoms with Crippen molar-refractivity contribution in [2.45, 2.75) is 18.4 Å². The Hall–Kier alpha value is -2.43. The summed E-state index contributed by atoms with van der Waals surface area (Å²) in [5.41, 5.74) is 0.797. The Balaban J connectivity index is 1.80. The van der Waals surface area contributed by atoms with Crippen LogP contribution in [0.4, 0.5) is 5.69 Å². The van der Waals surface area contributed by atoms with E-state index in [4.69, 9.17) is 4.74 Å². The number of methoxy groups -OCH3 is 1. The first kappa shape index (κ1) is 20.3. The van der Waals surface area contributed by atoms with Crippen LogP contribution in [0.25, 0.3) is 0 Å². The van der Waals surface area contributed by atoms with E-state index in [1.807, 2.05) is 0 Å². The second kappa shape index (κ2) is 7.53. The van der Waals surface area contributed by atoms with Gasteiger partial charge in [-0.3, -0.25) is 4.79 Å². The SMILES string of the molecule is COc1ccccc1CNS(=O)(=O)c1ccc(N2C(=O)C(C)CS2(=O)=O)cc1. The highest BCUT2D eigenvalue weighted by atomic mass is 32.2. The van der Waals surface area contributed by atoms with Gasteiger partial charge in [-0.05, 0) is 30.3 Å². The molecule has 0 saturated carbocycles. The maximum Gasteiger partial charge on any atom is 0.244 e. The number of hydrogen-bond acceptors (Lipinski definition) is 6. The number of rotatable bonds is 6. The summed E-state index contributed by atoms with van der Waals surface area (Å²) in [5, 5.41) is 0. The predicted molar refractivity (Wildman–Crippen MR) is 104 cm³/mol. The summed E-state index contributed by atoms with van der Waals surface area (Å²) in [7, 11) is -6.07. The van der Waals surface area contributed by atoms with Crippen LogP contribution in [-0.4, -0.2) is 35.6 Å². The zero-order valence-corrected chi connectivity index (χ0v) is 17.0. The molecule has 1 amide bonds. The second-order valence-corrected chi connectivity index (χ2v) is 10.0. The van der Waals surface area contributed by atoms with Crippen LogP contribution < -0.4 is 13.8 Å². The zero-order valence-electron chi connectivity index (χ0n) is 15.3. The van der Waals surface area contributed by atoms with Crippen LogP contribution in [-0.2, 0) is 31.4 Å². The van der Waals surface area contributed by atoms with Gasteiger partial charge in [0.2, 0.25) is 26.0 Å². The lowest BCUT2D eigenvalue weighted by Gasteiger charge is -2.16. The first-order chi connectivity index (χ1) is 13.2. The number of carbonyl (C=O) groups is 1. The molecule has 10 heteroatoms. The average molecular weight is 425 g/mol. The molecule has 28 heavy (non-hydrogen) atoms. The highest BCUT2D eigenvalue weighted by molar-refractivity contribution is 7.94. The molecule has 1 atom stereocenters. The fourth-order valence-electron chi connectivity index (χ4n) is 2.95. The molecule has 1 saturated heterocycles. The summed E-state index contributed by atoms with van der Waals surface area (Å²) in [5.74, 6) is -0.847. The number of carbonyl (C=O) groups excluding carboxylic acids is 1. The minimum absolute atomic E-state index is 0.0323. The van der Waals surface area contributed by atoms with E-state index in [0.717, 1.165) is 4.31 Å². The quantitative estimate of drug-likeness (QED) is 0.752. The Labute approximate surface area is 164 Å². The Morgan fingerprint density at radius 1 is 1.14 bits per heavy atom. The molecule has 1 heterocycles. The number of benzene rings is 2. The molecule has 0 spiro atoms. The summed E-state index contributed by atoms with van der Waals surface area (Å²) in [6.07, 6.45) is 0. The number of anilines is 1. The van der Waals surface area contributed by atoms with Crippen molar-refractivity contribution < 1.29 is 26.4 Å². The van der Waals surface area contributed by atoms with Crippen molar-refractivity contribution in [2.24, 2.45) is 5.92 Å². The van der Waals surface area contributed by atoms with Gasteiger partial charge >= 0.3 is 0 Å². The number of sulfonamides is 2. The standard InChI is InChI=1S/C18H20N2O6S2/c1-13-12-27(22,23)20(18(13)21)15-7-9-16(10-8-15)28(24,25)19-11-14-5-3-4-6-17(14)26-2/h3-10,13,19H,11-12H2,1-2H3. The molecule has 1 aliphatic rings. The number of para-hydroxylation sites is 1. The largest absolute Gasteiger partial charge is 0.496 e. The third kappa shape index (κ3) is 3.89.